The number of rotatable bonds is 10. The first-order valence-electron chi connectivity index (χ1n) is 11.0. The molecule has 0 aliphatic heterocycles. The van der Waals surface area contributed by atoms with Crippen molar-refractivity contribution in [2.24, 2.45) is 0 Å². The quantitative estimate of drug-likeness (QED) is 0.314. The topological polar surface area (TPSA) is 118 Å². The zero-order chi connectivity index (χ0) is 27.3. The summed E-state index contributed by atoms with van der Waals surface area (Å²) in [6.07, 6.45) is -3.29. The van der Waals surface area contributed by atoms with E-state index in [0.717, 1.165) is 0 Å². The molecular weight excluding hydrogens is 509 g/mol. The van der Waals surface area contributed by atoms with Crippen LogP contribution in [-0.2, 0) is 11.4 Å². The van der Waals surface area contributed by atoms with Gasteiger partial charge in [-0.2, -0.15) is 0 Å². The molecule has 1 N–H and O–H groups in total. The van der Waals surface area contributed by atoms with Crippen molar-refractivity contribution in [1.82, 2.24) is 19.7 Å². The Morgan fingerprint density at radius 2 is 1.76 bits per heavy atom. The summed E-state index contributed by atoms with van der Waals surface area (Å²) in [6, 6.07) is 13.5. The van der Waals surface area contributed by atoms with Crippen molar-refractivity contribution in [3.05, 3.63) is 72.2 Å². The Hall–Kier alpha value is -4.81. The van der Waals surface area contributed by atoms with Crippen LogP contribution in [0.25, 0.3) is 17.1 Å². The van der Waals surface area contributed by atoms with Crippen LogP contribution in [0.5, 0.6) is 23.1 Å². The average molecular weight is 530 g/mol. The number of aryl methyl sites for hydroxylation is 1. The summed E-state index contributed by atoms with van der Waals surface area (Å²) in [4.78, 5) is 19.4. The molecular formula is C25H21F3N4O6. The molecule has 4 aromatic rings. The van der Waals surface area contributed by atoms with Gasteiger partial charge in [0.25, 0.3) is 0 Å². The average Bonchev–Trinajstić information content (AvgIpc) is 3.30. The summed E-state index contributed by atoms with van der Waals surface area (Å²) in [5.74, 6) is 0.443. The van der Waals surface area contributed by atoms with Crippen LogP contribution in [0.15, 0.2) is 60.8 Å². The van der Waals surface area contributed by atoms with Gasteiger partial charge in [0.2, 0.25) is 5.88 Å². The molecule has 0 saturated carbocycles. The molecule has 0 amide bonds. The van der Waals surface area contributed by atoms with Crippen molar-refractivity contribution in [2.75, 3.05) is 13.7 Å². The largest absolute Gasteiger partial charge is 0.573 e. The Kier molecular flexibility index (Phi) is 7.65. The number of carboxylic acids is 1. The van der Waals surface area contributed by atoms with Crippen LogP contribution in [0.1, 0.15) is 11.4 Å². The van der Waals surface area contributed by atoms with Gasteiger partial charge >= 0.3 is 12.3 Å². The maximum atomic E-state index is 12.5. The second-order valence-corrected chi connectivity index (χ2v) is 7.79. The minimum Gasteiger partial charge on any atom is -0.486 e. The lowest BCUT2D eigenvalue weighted by molar-refractivity contribution is -0.274. The highest BCUT2D eigenvalue weighted by molar-refractivity contribution is 5.68. The van der Waals surface area contributed by atoms with Crippen molar-refractivity contribution in [3.63, 3.8) is 0 Å². The lowest BCUT2D eigenvalue weighted by atomic mass is 10.2. The molecule has 38 heavy (non-hydrogen) atoms. The third-order valence-corrected chi connectivity index (χ3v) is 5.04. The lowest BCUT2D eigenvalue weighted by Gasteiger charge is -2.10. The van der Waals surface area contributed by atoms with E-state index in [1.807, 2.05) is 0 Å². The first kappa shape index (κ1) is 26.3. The number of aliphatic carboxylic acids is 1. The molecule has 198 valence electrons. The van der Waals surface area contributed by atoms with Crippen LogP contribution in [0.4, 0.5) is 13.2 Å². The molecule has 0 saturated heterocycles. The van der Waals surface area contributed by atoms with Gasteiger partial charge in [0, 0.05) is 11.6 Å². The van der Waals surface area contributed by atoms with Gasteiger partial charge in [-0.1, -0.05) is 0 Å². The van der Waals surface area contributed by atoms with E-state index in [2.05, 4.69) is 19.8 Å². The van der Waals surface area contributed by atoms with Gasteiger partial charge in [0.1, 0.15) is 23.9 Å². The van der Waals surface area contributed by atoms with Gasteiger partial charge in [-0.15, -0.1) is 18.3 Å². The number of ether oxygens (including phenoxy) is 4. The molecule has 0 aliphatic carbocycles. The maximum absolute atomic E-state index is 12.5. The molecule has 2 aromatic heterocycles. The predicted molar refractivity (Wildman–Crippen MR) is 126 cm³/mol. The van der Waals surface area contributed by atoms with Gasteiger partial charge in [0.15, 0.2) is 18.3 Å². The fourth-order valence-electron chi connectivity index (χ4n) is 3.37. The van der Waals surface area contributed by atoms with E-state index in [4.69, 9.17) is 19.3 Å². The molecule has 0 fully saturated rings. The van der Waals surface area contributed by atoms with Gasteiger partial charge in [-0.3, -0.25) is 0 Å². The summed E-state index contributed by atoms with van der Waals surface area (Å²) in [5.41, 5.74) is 1.68. The number of aromatic nitrogens is 4. The van der Waals surface area contributed by atoms with Crippen LogP contribution >= 0.6 is 0 Å². The third-order valence-electron chi connectivity index (χ3n) is 5.04. The maximum Gasteiger partial charge on any atom is 0.573 e. The number of pyridine rings is 1. The number of methoxy groups -OCH3 is 1. The summed E-state index contributed by atoms with van der Waals surface area (Å²) >= 11 is 0. The first-order valence-corrected chi connectivity index (χ1v) is 11.0. The molecule has 0 radical (unpaired) electrons. The van der Waals surface area contributed by atoms with Gasteiger partial charge < -0.3 is 24.1 Å². The SMILES string of the molecule is COc1ccc(-n2nc(COc3ccc(OCC(=O)O)c(C)c3)nc2-c2ccc(OC(F)(F)F)cc2)cn1. The van der Waals surface area contributed by atoms with Crippen molar-refractivity contribution >= 4 is 5.97 Å². The third kappa shape index (κ3) is 6.69. The Balaban J connectivity index is 1.59. The smallest absolute Gasteiger partial charge is 0.486 e. The van der Waals surface area contributed by atoms with Crippen molar-refractivity contribution in [3.8, 4) is 40.2 Å². The number of carboxylic acid groups (broad SMARTS) is 1. The van der Waals surface area contributed by atoms with Crippen LogP contribution in [0.2, 0.25) is 0 Å². The molecule has 0 atom stereocenters. The minimum absolute atomic E-state index is 0.0341. The highest BCUT2D eigenvalue weighted by atomic mass is 19.4. The Labute approximate surface area is 214 Å². The molecule has 0 unspecified atom stereocenters. The molecule has 0 spiro atoms. The molecule has 2 aromatic carbocycles. The number of alkyl halides is 3. The molecule has 10 nitrogen and oxygen atoms in total. The van der Waals surface area contributed by atoms with Crippen LogP contribution < -0.4 is 18.9 Å². The van der Waals surface area contributed by atoms with Crippen LogP contribution in [0, 0.1) is 6.92 Å². The zero-order valence-corrected chi connectivity index (χ0v) is 20.1. The van der Waals surface area contributed by atoms with E-state index in [1.165, 1.54) is 42.3 Å². The fraction of sp³-hybridized carbons (Fsp3) is 0.200. The van der Waals surface area contributed by atoms with E-state index in [1.54, 1.807) is 37.3 Å². The summed E-state index contributed by atoms with van der Waals surface area (Å²) < 4.78 is 59.2. The standard InChI is InChI=1S/C25H21F3N4O6/c1-15-11-19(8-9-20(15)37-14-23(33)34)36-13-21-30-24(16-3-6-18(7-4-16)38-25(26,27)28)32(31-21)17-5-10-22(35-2)29-12-17/h3-12H,13-14H2,1-2H3,(H,33,34). The van der Waals surface area contributed by atoms with Crippen LogP contribution in [0.3, 0.4) is 0 Å². The van der Waals surface area contributed by atoms with Gasteiger partial charge in [-0.25, -0.2) is 19.4 Å². The van der Waals surface area contributed by atoms with Gasteiger partial charge in [0.05, 0.1) is 19.0 Å². The molecule has 0 aliphatic rings. The minimum atomic E-state index is -4.81. The van der Waals surface area contributed by atoms with Crippen molar-refractivity contribution < 1.29 is 42.0 Å². The highest BCUT2D eigenvalue weighted by Gasteiger charge is 2.31. The summed E-state index contributed by atoms with van der Waals surface area (Å²) in [5, 5.41) is 13.3. The molecule has 2 heterocycles. The van der Waals surface area contributed by atoms with Crippen LogP contribution in [-0.4, -0.2) is 50.9 Å². The van der Waals surface area contributed by atoms with E-state index in [0.29, 0.717) is 40.0 Å². The van der Waals surface area contributed by atoms with E-state index in [-0.39, 0.29) is 18.2 Å². The predicted octanol–water partition coefficient (Wildman–Crippen LogP) is 4.59. The normalized spacial score (nSPS) is 11.2. The fourth-order valence-corrected chi connectivity index (χ4v) is 3.37. The number of nitrogens with zero attached hydrogens (tertiary/aromatic N) is 4. The molecule has 4 rings (SSSR count). The Morgan fingerprint density at radius 3 is 2.37 bits per heavy atom. The number of hydrogen-bond donors (Lipinski definition) is 1. The number of hydrogen-bond acceptors (Lipinski definition) is 8. The van der Waals surface area contributed by atoms with Crippen molar-refractivity contribution in [1.29, 1.82) is 0 Å². The molecule has 0 bridgehead atoms. The van der Waals surface area contributed by atoms with Crippen molar-refractivity contribution in [2.45, 2.75) is 19.9 Å². The zero-order valence-electron chi connectivity index (χ0n) is 20.1. The summed E-state index contributed by atoms with van der Waals surface area (Å²) in [6.45, 7) is 1.25. The monoisotopic (exact) mass is 530 g/mol. The van der Waals surface area contributed by atoms with Gasteiger partial charge in [-0.05, 0) is 61.0 Å². The molecule has 13 heteroatoms. The number of halogens is 3. The van der Waals surface area contributed by atoms with E-state index < -0.39 is 18.9 Å². The summed E-state index contributed by atoms with van der Waals surface area (Å²) in [7, 11) is 1.48. The first-order chi connectivity index (χ1) is 18.1. The number of carbonyl (C=O) groups is 1. The second kappa shape index (κ2) is 11.1. The van der Waals surface area contributed by atoms with E-state index in [9.17, 15) is 18.0 Å². The lowest BCUT2D eigenvalue weighted by Crippen LogP contribution is -2.16. The highest BCUT2D eigenvalue weighted by Crippen LogP contribution is 2.28. The second-order valence-electron chi connectivity index (χ2n) is 7.79. The van der Waals surface area contributed by atoms with E-state index >= 15 is 0 Å². The Morgan fingerprint density at radius 1 is 1.03 bits per heavy atom. The Bertz CT molecular complexity index is 1410. The number of benzene rings is 2.